The van der Waals surface area contributed by atoms with Crippen molar-refractivity contribution in [1.82, 2.24) is 4.90 Å². The summed E-state index contributed by atoms with van der Waals surface area (Å²) in [7, 11) is 1.65. The lowest BCUT2D eigenvalue weighted by Crippen LogP contribution is -2.41. The molecule has 0 N–H and O–H groups in total. The Kier molecular flexibility index (Phi) is 5.90. The molecule has 0 aliphatic heterocycles. The number of hydrogen-bond acceptors (Lipinski definition) is 2. The van der Waals surface area contributed by atoms with Gasteiger partial charge in [0.25, 0.3) is 0 Å². The van der Waals surface area contributed by atoms with Crippen molar-refractivity contribution < 1.29 is 13.6 Å². The van der Waals surface area contributed by atoms with Crippen molar-refractivity contribution in [3.05, 3.63) is 65.7 Å². The Morgan fingerprint density at radius 1 is 1.04 bits per heavy atom. The largest absolute Gasteiger partial charge is 0.360 e. The van der Waals surface area contributed by atoms with E-state index >= 15 is 0 Å². The lowest BCUT2D eigenvalue weighted by molar-refractivity contribution is -0.129. The van der Waals surface area contributed by atoms with Crippen LogP contribution < -0.4 is 4.90 Å². The molecule has 128 valence electrons. The molecule has 0 aliphatic carbocycles. The molecule has 0 bridgehead atoms. The Bertz CT molecular complexity index is 686. The topological polar surface area (TPSA) is 23.6 Å². The van der Waals surface area contributed by atoms with Crippen LogP contribution in [0.4, 0.5) is 14.5 Å². The first-order chi connectivity index (χ1) is 11.4. The number of carbonyl (C=O) groups is 1. The Hall–Kier alpha value is -2.43. The molecule has 24 heavy (non-hydrogen) atoms. The van der Waals surface area contributed by atoms with Gasteiger partial charge >= 0.3 is 0 Å². The number of hydrogen-bond donors (Lipinski definition) is 0. The van der Waals surface area contributed by atoms with Gasteiger partial charge in [-0.05, 0) is 44.2 Å². The minimum atomic E-state index is -0.323. The van der Waals surface area contributed by atoms with Crippen molar-refractivity contribution in [3.63, 3.8) is 0 Å². The highest BCUT2D eigenvalue weighted by atomic mass is 19.1. The smallest absolute Gasteiger partial charge is 0.242 e. The van der Waals surface area contributed by atoms with Crippen LogP contribution in [0.2, 0.25) is 0 Å². The van der Waals surface area contributed by atoms with Gasteiger partial charge in [-0.3, -0.25) is 4.79 Å². The molecule has 0 spiro atoms. The van der Waals surface area contributed by atoms with Gasteiger partial charge in [-0.15, -0.1) is 0 Å². The summed E-state index contributed by atoms with van der Waals surface area (Å²) in [5, 5.41) is 0. The maximum atomic E-state index is 13.7. The number of likely N-dealkylation sites (N-methyl/N-ethyl adjacent to an activating group) is 1. The molecular formula is C19H22F2N2O. The van der Waals surface area contributed by atoms with Gasteiger partial charge < -0.3 is 9.80 Å². The summed E-state index contributed by atoms with van der Waals surface area (Å²) in [5.41, 5.74) is 1.25. The van der Waals surface area contributed by atoms with Crippen molar-refractivity contribution in [3.8, 4) is 0 Å². The lowest BCUT2D eigenvalue weighted by atomic mass is 10.2. The number of nitrogens with zero attached hydrogens (tertiary/aromatic N) is 2. The number of carbonyl (C=O) groups excluding carboxylic acids is 1. The number of benzene rings is 2. The number of halogens is 2. The van der Waals surface area contributed by atoms with E-state index in [-0.39, 0.29) is 36.7 Å². The van der Waals surface area contributed by atoms with Gasteiger partial charge in [0.2, 0.25) is 5.91 Å². The molecule has 0 unspecified atom stereocenters. The summed E-state index contributed by atoms with van der Waals surface area (Å²) in [5.74, 6) is -0.766. The molecule has 0 aliphatic rings. The van der Waals surface area contributed by atoms with E-state index in [0.29, 0.717) is 5.56 Å². The van der Waals surface area contributed by atoms with Crippen LogP contribution in [0.3, 0.4) is 0 Å². The number of amides is 1. The molecule has 0 saturated heterocycles. The molecule has 2 aromatic rings. The van der Waals surface area contributed by atoms with E-state index in [1.165, 1.54) is 23.1 Å². The van der Waals surface area contributed by atoms with Crippen LogP contribution in [-0.2, 0) is 11.3 Å². The molecule has 5 heteroatoms. The number of rotatable bonds is 6. The predicted octanol–water partition coefficient (Wildman–Crippen LogP) is 3.84. The van der Waals surface area contributed by atoms with Crippen LogP contribution in [0.5, 0.6) is 0 Å². The highest BCUT2D eigenvalue weighted by molar-refractivity contribution is 5.81. The zero-order chi connectivity index (χ0) is 17.7. The van der Waals surface area contributed by atoms with Gasteiger partial charge in [0.15, 0.2) is 0 Å². The SMILES string of the molecule is CC(C)N(CC(=O)N(C)Cc1ccccc1F)c1ccc(F)cc1. The third-order valence-corrected chi connectivity index (χ3v) is 3.88. The predicted molar refractivity (Wildman–Crippen MR) is 91.8 cm³/mol. The lowest BCUT2D eigenvalue weighted by Gasteiger charge is -2.30. The molecule has 0 heterocycles. The normalized spacial score (nSPS) is 10.8. The highest BCUT2D eigenvalue weighted by Crippen LogP contribution is 2.18. The maximum absolute atomic E-state index is 13.7. The first-order valence-corrected chi connectivity index (χ1v) is 7.88. The van der Waals surface area contributed by atoms with Crippen LogP contribution in [0, 0.1) is 11.6 Å². The molecule has 2 aromatic carbocycles. The standard InChI is InChI=1S/C19H22F2N2O/c1-14(2)23(17-10-8-16(20)9-11-17)13-19(24)22(3)12-15-6-4-5-7-18(15)21/h4-11,14H,12-13H2,1-3H3. The van der Waals surface area contributed by atoms with Crippen LogP contribution in [0.15, 0.2) is 48.5 Å². The van der Waals surface area contributed by atoms with Crippen molar-refractivity contribution >= 4 is 11.6 Å². The second-order valence-corrected chi connectivity index (χ2v) is 6.04. The zero-order valence-corrected chi connectivity index (χ0v) is 14.2. The summed E-state index contributed by atoms with van der Waals surface area (Å²) >= 11 is 0. The first-order valence-electron chi connectivity index (χ1n) is 7.88. The molecule has 0 fully saturated rings. The fraction of sp³-hybridized carbons (Fsp3) is 0.316. The van der Waals surface area contributed by atoms with Gasteiger partial charge in [-0.1, -0.05) is 18.2 Å². The molecule has 2 rings (SSSR count). The first kappa shape index (κ1) is 17.9. The second-order valence-electron chi connectivity index (χ2n) is 6.04. The number of anilines is 1. The molecule has 1 amide bonds. The van der Waals surface area contributed by atoms with Crippen molar-refractivity contribution in [2.24, 2.45) is 0 Å². The molecule has 3 nitrogen and oxygen atoms in total. The molecule has 0 aromatic heterocycles. The van der Waals surface area contributed by atoms with Crippen LogP contribution in [0.25, 0.3) is 0 Å². The van der Waals surface area contributed by atoms with Gasteiger partial charge in [0, 0.05) is 30.9 Å². The minimum absolute atomic E-state index is 0.0706. The van der Waals surface area contributed by atoms with Crippen LogP contribution >= 0.6 is 0 Å². The van der Waals surface area contributed by atoms with E-state index in [1.807, 2.05) is 18.7 Å². The second kappa shape index (κ2) is 7.90. The Balaban J connectivity index is 2.07. The Morgan fingerprint density at radius 2 is 1.67 bits per heavy atom. The quantitative estimate of drug-likeness (QED) is 0.802. The Labute approximate surface area is 141 Å². The molecule has 0 atom stereocenters. The fourth-order valence-corrected chi connectivity index (χ4v) is 2.44. The van der Waals surface area contributed by atoms with Crippen molar-refractivity contribution in [2.45, 2.75) is 26.4 Å². The van der Waals surface area contributed by atoms with Gasteiger partial charge in [0.1, 0.15) is 11.6 Å². The van der Waals surface area contributed by atoms with E-state index in [2.05, 4.69) is 0 Å². The fourth-order valence-electron chi connectivity index (χ4n) is 2.44. The minimum Gasteiger partial charge on any atom is -0.360 e. The van der Waals surface area contributed by atoms with Crippen molar-refractivity contribution in [1.29, 1.82) is 0 Å². The summed E-state index contributed by atoms with van der Waals surface area (Å²) in [6.45, 7) is 4.29. The van der Waals surface area contributed by atoms with Crippen molar-refractivity contribution in [2.75, 3.05) is 18.5 Å². The maximum Gasteiger partial charge on any atom is 0.242 e. The van der Waals surface area contributed by atoms with E-state index in [1.54, 1.807) is 37.4 Å². The van der Waals surface area contributed by atoms with E-state index in [4.69, 9.17) is 0 Å². The average molecular weight is 332 g/mol. The third kappa shape index (κ3) is 4.54. The van der Waals surface area contributed by atoms with E-state index < -0.39 is 0 Å². The average Bonchev–Trinajstić information content (AvgIpc) is 2.55. The van der Waals surface area contributed by atoms with Crippen LogP contribution in [-0.4, -0.2) is 30.4 Å². The highest BCUT2D eigenvalue weighted by Gasteiger charge is 2.18. The summed E-state index contributed by atoms with van der Waals surface area (Å²) < 4.78 is 26.8. The van der Waals surface area contributed by atoms with E-state index in [9.17, 15) is 13.6 Å². The molecule has 0 saturated carbocycles. The molecular weight excluding hydrogens is 310 g/mol. The summed E-state index contributed by atoms with van der Waals surface area (Å²) in [6, 6.07) is 12.5. The summed E-state index contributed by atoms with van der Waals surface area (Å²) in [6.07, 6.45) is 0. The van der Waals surface area contributed by atoms with Gasteiger partial charge in [-0.2, -0.15) is 0 Å². The van der Waals surface area contributed by atoms with Gasteiger partial charge in [-0.25, -0.2) is 8.78 Å². The third-order valence-electron chi connectivity index (χ3n) is 3.88. The van der Waals surface area contributed by atoms with E-state index in [0.717, 1.165) is 5.69 Å². The zero-order valence-electron chi connectivity index (χ0n) is 14.2. The monoisotopic (exact) mass is 332 g/mol. The summed E-state index contributed by atoms with van der Waals surface area (Å²) in [4.78, 5) is 15.9. The van der Waals surface area contributed by atoms with Crippen LogP contribution in [0.1, 0.15) is 19.4 Å². The van der Waals surface area contributed by atoms with Gasteiger partial charge in [0.05, 0.1) is 6.54 Å². The Morgan fingerprint density at radius 3 is 2.25 bits per heavy atom. The molecule has 0 radical (unpaired) electrons.